The van der Waals surface area contributed by atoms with E-state index in [0.717, 1.165) is 31.9 Å². The van der Waals surface area contributed by atoms with Crippen LogP contribution in [0.4, 0.5) is 17.3 Å². The molecular formula is C11H18N4O. The molecule has 0 radical (unpaired) electrons. The molecule has 0 amide bonds. The molecule has 0 bridgehead atoms. The average Bonchev–Trinajstić information content (AvgIpc) is 2.33. The van der Waals surface area contributed by atoms with Crippen LogP contribution in [0.1, 0.15) is 12.8 Å². The van der Waals surface area contributed by atoms with Crippen molar-refractivity contribution in [2.24, 2.45) is 0 Å². The molecule has 2 heterocycles. The SMILES string of the molecule is CN(c1ccc(N)c(N)n1)C1CCOCC1. The van der Waals surface area contributed by atoms with E-state index in [1.807, 2.05) is 13.1 Å². The number of hydrogen-bond acceptors (Lipinski definition) is 5. The third kappa shape index (κ3) is 2.19. The number of ether oxygens (including phenoxy) is 1. The van der Waals surface area contributed by atoms with Gasteiger partial charge in [0.1, 0.15) is 11.6 Å². The third-order valence-electron chi connectivity index (χ3n) is 3.04. The summed E-state index contributed by atoms with van der Waals surface area (Å²) < 4.78 is 5.34. The van der Waals surface area contributed by atoms with E-state index in [9.17, 15) is 0 Å². The Morgan fingerprint density at radius 1 is 1.31 bits per heavy atom. The molecule has 16 heavy (non-hydrogen) atoms. The molecule has 0 atom stereocenters. The number of pyridine rings is 1. The summed E-state index contributed by atoms with van der Waals surface area (Å²) in [6, 6.07) is 4.18. The fraction of sp³-hybridized carbons (Fsp3) is 0.545. The van der Waals surface area contributed by atoms with E-state index >= 15 is 0 Å². The number of hydrogen-bond donors (Lipinski definition) is 2. The van der Waals surface area contributed by atoms with Crippen molar-refractivity contribution in [3.8, 4) is 0 Å². The molecule has 1 aromatic rings. The van der Waals surface area contributed by atoms with Gasteiger partial charge >= 0.3 is 0 Å². The standard InChI is InChI=1S/C11H18N4O/c1-15(8-4-6-16-7-5-8)10-3-2-9(12)11(13)14-10/h2-3,8H,4-7,12H2,1H3,(H2,13,14). The van der Waals surface area contributed by atoms with E-state index in [4.69, 9.17) is 16.2 Å². The lowest BCUT2D eigenvalue weighted by atomic mass is 10.1. The van der Waals surface area contributed by atoms with Crippen molar-refractivity contribution in [3.05, 3.63) is 12.1 Å². The first-order chi connectivity index (χ1) is 7.68. The summed E-state index contributed by atoms with van der Waals surface area (Å²) in [6.07, 6.45) is 2.06. The highest BCUT2D eigenvalue weighted by Gasteiger charge is 2.19. The van der Waals surface area contributed by atoms with Crippen LogP contribution in [0.25, 0.3) is 0 Å². The number of nitrogen functional groups attached to an aromatic ring is 2. The van der Waals surface area contributed by atoms with E-state index in [2.05, 4.69) is 9.88 Å². The van der Waals surface area contributed by atoms with Crippen molar-refractivity contribution >= 4 is 17.3 Å². The highest BCUT2D eigenvalue weighted by Crippen LogP contribution is 2.22. The number of nitrogens with two attached hydrogens (primary N) is 2. The number of rotatable bonds is 2. The van der Waals surface area contributed by atoms with Gasteiger partial charge in [0, 0.05) is 26.3 Å². The van der Waals surface area contributed by atoms with Crippen LogP contribution in [-0.2, 0) is 4.74 Å². The Morgan fingerprint density at radius 3 is 2.62 bits per heavy atom. The fourth-order valence-electron chi connectivity index (χ4n) is 1.93. The normalized spacial score (nSPS) is 17.3. The largest absolute Gasteiger partial charge is 0.396 e. The van der Waals surface area contributed by atoms with Crippen LogP contribution >= 0.6 is 0 Å². The van der Waals surface area contributed by atoms with E-state index < -0.39 is 0 Å². The molecule has 1 aliphatic heterocycles. The first-order valence-corrected chi connectivity index (χ1v) is 5.51. The van der Waals surface area contributed by atoms with Crippen molar-refractivity contribution in [1.29, 1.82) is 0 Å². The van der Waals surface area contributed by atoms with Gasteiger partial charge in [0.05, 0.1) is 5.69 Å². The van der Waals surface area contributed by atoms with Crippen molar-refractivity contribution in [3.63, 3.8) is 0 Å². The maximum atomic E-state index is 5.70. The predicted octanol–water partition coefficient (Wildman–Crippen LogP) is 0.861. The van der Waals surface area contributed by atoms with Crippen LogP contribution in [0.15, 0.2) is 12.1 Å². The van der Waals surface area contributed by atoms with Gasteiger partial charge in [0.2, 0.25) is 0 Å². The number of anilines is 3. The van der Waals surface area contributed by atoms with Crippen LogP contribution in [0.3, 0.4) is 0 Å². The second-order valence-corrected chi connectivity index (χ2v) is 4.10. The lowest BCUT2D eigenvalue weighted by molar-refractivity contribution is 0.0853. The van der Waals surface area contributed by atoms with Crippen LogP contribution in [-0.4, -0.2) is 31.3 Å². The van der Waals surface area contributed by atoms with Crippen LogP contribution in [0.5, 0.6) is 0 Å². The van der Waals surface area contributed by atoms with Gasteiger partial charge in [-0.1, -0.05) is 0 Å². The molecule has 0 spiro atoms. The smallest absolute Gasteiger partial charge is 0.149 e. The zero-order valence-corrected chi connectivity index (χ0v) is 9.52. The van der Waals surface area contributed by atoms with Crippen molar-refractivity contribution < 1.29 is 4.74 Å². The van der Waals surface area contributed by atoms with Gasteiger partial charge in [-0.15, -0.1) is 0 Å². The zero-order chi connectivity index (χ0) is 11.5. The molecule has 0 aliphatic carbocycles. The molecule has 88 valence electrons. The molecule has 0 saturated carbocycles. The fourth-order valence-corrected chi connectivity index (χ4v) is 1.93. The van der Waals surface area contributed by atoms with Gasteiger partial charge < -0.3 is 21.1 Å². The predicted molar refractivity (Wildman–Crippen MR) is 65.3 cm³/mol. The summed E-state index contributed by atoms with van der Waals surface area (Å²) in [5, 5.41) is 0. The lowest BCUT2D eigenvalue weighted by Crippen LogP contribution is -2.37. The van der Waals surface area contributed by atoms with E-state index in [1.54, 1.807) is 6.07 Å². The molecule has 0 unspecified atom stereocenters. The number of nitrogens with zero attached hydrogens (tertiary/aromatic N) is 2. The maximum absolute atomic E-state index is 5.70. The first kappa shape index (κ1) is 11.0. The topological polar surface area (TPSA) is 77.4 Å². The van der Waals surface area contributed by atoms with Crippen molar-refractivity contribution in [2.75, 3.05) is 36.6 Å². The van der Waals surface area contributed by atoms with Crippen LogP contribution in [0.2, 0.25) is 0 Å². The maximum Gasteiger partial charge on any atom is 0.149 e. The summed E-state index contributed by atoms with van der Waals surface area (Å²) in [6.45, 7) is 1.64. The van der Waals surface area contributed by atoms with Crippen molar-refractivity contribution in [1.82, 2.24) is 4.98 Å². The summed E-state index contributed by atoms with van der Waals surface area (Å²) in [5.41, 5.74) is 11.9. The molecule has 1 aromatic heterocycles. The van der Waals surface area contributed by atoms with E-state index in [0.29, 0.717) is 17.5 Å². The second kappa shape index (κ2) is 4.57. The number of aromatic nitrogens is 1. The van der Waals surface area contributed by atoms with E-state index in [1.165, 1.54) is 0 Å². The molecular weight excluding hydrogens is 204 g/mol. The Hall–Kier alpha value is -1.49. The Morgan fingerprint density at radius 2 is 2.00 bits per heavy atom. The third-order valence-corrected chi connectivity index (χ3v) is 3.04. The minimum atomic E-state index is 0.399. The van der Waals surface area contributed by atoms with Crippen molar-refractivity contribution in [2.45, 2.75) is 18.9 Å². The highest BCUT2D eigenvalue weighted by molar-refractivity contribution is 5.62. The van der Waals surface area contributed by atoms with Crippen LogP contribution in [0, 0.1) is 0 Å². The van der Waals surface area contributed by atoms with E-state index in [-0.39, 0.29) is 0 Å². The molecule has 5 nitrogen and oxygen atoms in total. The van der Waals surface area contributed by atoms with Gasteiger partial charge in [-0.05, 0) is 25.0 Å². The Balaban J connectivity index is 2.12. The average molecular weight is 222 g/mol. The minimum Gasteiger partial charge on any atom is -0.396 e. The summed E-state index contributed by atoms with van der Waals surface area (Å²) in [5.74, 6) is 1.27. The monoisotopic (exact) mass is 222 g/mol. The second-order valence-electron chi connectivity index (χ2n) is 4.10. The summed E-state index contributed by atoms with van der Waals surface area (Å²) >= 11 is 0. The van der Waals surface area contributed by atoms with Gasteiger partial charge in [-0.3, -0.25) is 0 Å². The molecule has 1 aliphatic rings. The Labute approximate surface area is 95.4 Å². The molecule has 1 saturated heterocycles. The molecule has 5 heteroatoms. The molecule has 1 fully saturated rings. The molecule has 4 N–H and O–H groups in total. The quantitative estimate of drug-likeness (QED) is 0.776. The summed E-state index contributed by atoms with van der Waals surface area (Å²) in [4.78, 5) is 6.44. The van der Waals surface area contributed by atoms with Gasteiger partial charge in [-0.2, -0.15) is 0 Å². The summed E-state index contributed by atoms with van der Waals surface area (Å²) in [7, 11) is 2.04. The zero-order valence-electron chi connectivity index (χ0n) is 9.52. The van der Waals surface area contributed by atoms with Gasteiger partial charge in [0.25, 0.3) is 0 Å². The molecule has 2 rings (SSSR count). The Kier molecular flexibility index (Phi) is 3.14. The minimum absolute atomic E-state index is 0.399. The lowest BCUT2D eigenvalue weighted by Gasteiger charge is -2.32. The molecule has 0 aromatic carbocycles. The Bertz CT molecular complexity index is 363. The van der Waals surface area contributed by atoms with Crippen LogP contribution < -0.4 is 16.4 Å². The highest BCUT2D eigenvalue weighted by atomic mass is 16.5. The first-order valence-electron chi connectivity index (χ1n) is 5.51. The van der Waals surface area contributed by atoms with Gasteiger partial charge in [0.15, 0.2) is 0 Å². The van der Waals surface area contributed by atoms with Gasteiger partial charge in [-0.25, -0.2) is 4.98 Å².